The fourth-order valence-corrected chi connectivity index (χ4v) is 3.01. The molecule has 2 aromatic rings. The quantitative estimate of drug-likeness (QED) is 0.858. The van der Waals surface area contributed by atoms with Gasteiger partial charge in [-0.2, -0.15) is 0 Å². The summed E-state index contributed by atoms with van der Waals surface area (Å²) in [6.45, 7) is 1.77. The number of aromatic hydroxyl groups is 1. The first-order valence-electron chi connectivity index (χ1n) is 6.89. The van der Waals surface area contributed by atoms with Gasteiger partial charge < -0.3 is 10.0 Å². The van der Waals surface area contributed by atoms with Gasteiger partial charge in [-0.25, -0.2) is 4.39 Å². The summed E-state index contributed by atoms with van der Waals surface area (Å²) < 4.78 is 13.5. The number of halogens is 1. The van der Waals surface area contributed by atoms with E-state index >= 15 is 0 Å². The van der Waals surface area contributed by atoms with Gasteiger partial charge in [0.25, 0.3) is 0 Å². The molecule has 0 amide bonds. The summed E-state index contributed by atoms with van der Waals surface area (Å²) in [4.78, 5) is 2.23. The molecule has 0 radical (unpaired) electrons. The first kappa shape index (κ1) is 13.1. The Hall–Kier alpha value is -1.87. The number of hydrogen-bond donors (Lipinski definition) is 1. The van der Waals surface area contributed by atoms with Crippen LogP contribution in [0.2, 0.25) is 0 Å². The molecule has 2 aromatic carbocycles. The van der Waals surface area contributed by atoms with E-state index in [0.29, 0.717) is 0 Å². The van der Waals surface area contributed by atoms with Crippen molar-refractivity contribution in [3.63, 3.8) is 0 Å². The number of rotatable bonds is 1. The van der Waals surface area contributed by atoms with Crippen LogP contribution < -0.4 is 0 Å². The van der Waals surface area contributed by atoms with Gasteiger partial charge in [-0.05, 0) is 61.0 Å². The Morgan fingerprint density at radius 2 is 2.05 bits per heavy atom. The van der Waals surface area contributed by atoms with Crippen LogP contribution in [0.1, 0.15) is 29.0 Å². The summed E-state index contributed by atoms with van der Waals surface area (Å²) in [6, 6.07) is 12.4. The van der Waals surface area contributed by atoms with E-state index in [9.17, 15) is 9.50 Å². The summed E-state index contributed by atoms with van der Waals surface area (Å²) in [5, 5.41) is 9.69. The van der Waals surface area contributed by atoms with Gasteiger partial charge in [-0.1, -0.05) is 18.2 Å². The molecular weight excluding hydrogens is 253 g/mol. The van der Waals surface area contributed by atoms with Crippen molar-refractivity contribution in [2.75, 3.05) is 13.6 Å². The van der Waals surface area contributed by atoms with E-state index in [1.165, 1.54) is 11.6 Å². The Bertz CT molecular complexity index is 626. The molecule has 0 spiro atoms. The molecule has 1 N–H and O–H groups in total. The van der Waals surface area contributed by atoms with E-state index in [1.54, 1.807) is 18.2 Å². The summed E-state index contributed by atoms with van der Waals surface area (Å²) >= 11 is 0. The lowest BCUT2D eigenvalue weighted by Crippen LogP contribution is -2.17. The standard InChI is InChI=1S/C17H18FNO/c1-19-8-7-17(12-3-2-4-14(18)9-12)16-6-5-15(20)10-13(16)11-19/h2-6,9-10,17,20H,7-8,11H2,1H3/t17-/m1/s1. The minimum Gasteiger partial charge on any atom is -0.508 e. The molecule has 3 heteroatoms. The molecule has 104 valence electrons. The molecule has 0 bridgehead atoms. The first-order chi connectivity index (χ1) is 9.63. The van der Waals surface area contributed by atoms with E-state index in [0.717, 1.165) is 30.6 Å². The normalized spacial score (nSPS) is 19.4. The molecule has 0 saturated carbocycles. The zero-order valence-electron chi connectivity index (χ0n) is 11.5. The minimum atomic E-state index is -0.194. The number of nitrogens with zero attached hydrogens (tertiary/aromatic N) is 1. The Morgan fingerprint density at radius 3 is 2.85 bits per heavy atom. The molecule has 1 aliphatic heterocycles. The molecular formula is C17H18FNO. The van der Waals surface area contributed by atoms with Crippen molar-refractivity contribution in [1.29, 1.82) is 0 Å². The van der Waals surface area contributed by atoms with Crippen LogP contribution in [0.3, 0.4) is 0 Å². The van der Waals surface area contributed by atoms with Crippen LogP contribution in [0, 0.1) is 5.82 Å². The van der Waals surface area contributed by atoms with Crippen molar-refractivity contribution in [1.82, 2.24) is 4.90 Å². The van der Waals surface area contributed by atoms with Crippen molar-refractivity contribution < 1.29 is 9.50 Å². The van der Waals surface area contributed by atoms with Crippen molar-refractivity contribution in [2.45, 2.75) is 18.9 Å². The third-order valence-electron chi connectivity index (χ3n) is 3.99. The number of fused-ring (bicyclic) bond motifs is 1. The van der Waals surface area contributed by atoms with Crippen LogP contribution in [-0.2, 0) is 6.54 Å². The molecule has 1 aliphatic rings. The smallest absolute Gasteiger partial charge is 0.123 e. The lowest BCUT2D eigenvalue weighted by molar-refractivity contribution is 0.328. The van der Waals surface area contributed by atoms with Gasteiger partial charge in [0, 0.05) is 12.5 Å². The molecule has 1 heterocycles. The predicted molar refractivity (Wildman–Crippen MR) is 77.3 cm³/mol. The fourth-order valence-electron chi connectivity index (χ4n) is 3.01. The maximum absolute atomic E-state index is 13.5. The van der Waals surface area contributed by atoms with Gasteiger partial charge >= 0.3 is 0 Å². The highest BCUT2D eigenvalue weighted by atomic mass is 19.1. The average molecular weight is 271 g/mol. The van der Waals surface area contributed by atoms with Crippen LogP contribution in [0.15, 0.2) is 42.5 Å². The second-order valence-electron chi connectivity index (χ2n) is 5.52. The first-order valence-corrected chi connectivity index (χ1v) is 6.89. The highest BCUT2D eigenvalue weighted by molar-refractivity contribution is 5.42. The highest BCUT2D eigenvalue weighted by Crippen LogP contribution is 2.35. The van der Waals surface area contributed by atoms with Crippen molar-refractivity contribution in [3.8, 4) is 5.75 Å². The lowest BCUT2D eigenvalue weighted by atomic mass is 9.86. The topological polar surface area (TPSA) is 23.5 Å². The fraction of sp³-hybridized carbons (Fsp3) is 0.294. The lowest BCUT2D eigenvalue weighted by Gasteiger charge is -2.18. The largest absolute Gasteiger partial charge is 0.508 e. The zero-order valence-corrected chi connectivity index (χ0v) is 11.5. The summed E-state index contributed by atoms with van der Waals surface area (Å²) in [5.41, 5.74) is 3.32. The van der Waals surface area contributed by atoms with E-state index in [1.807, 2.05) is 18.2 Å². The second kappa shape index (κ2) is 5.25. The van der Waals surface area contributed by atoms with Crippen molar-refractivity contribution in [3.05, 3.63) is 65.0 Å². The van der Waals surface area contributed by atoms with E-state index in [-0.39, 0.29) is 17.5 Å². The van der Waals surface area contributed by atoms with Crippen LogP contribution in [0.25, 0.3) is 0 Å². The van der Waals surface area contributed by atoms with E-state index in [2.05, 4.69) is 11.9 Å². The number of phenolic OH excluding ortho intramolecular Hbond substituents is 1. The molecule has 0 aliphatic carbocycles. The summed E-state index contributed by atoms with van der Waals surface area (Å²) in [7, 11) is 2.07. The Labute approximate surface area is 118 Å². The van der Waals surface area contributed by atoms with Gasteiger partial charge in [0.05, 0.1) is 0 Å². The molecule has 0 fully saturated rings. The van der Waals surface area contributed by atoms with Crippen molar-refractivity contribution >= 4 is 0 Å². The Morgan fingerprint density at radius 1 is 1.20 bits per heavy atom. The van der Waals surface area contributed by atoms with Gasteiger partial charge in [0.2, 0.25) is 0 Å². The number of hydrogen-bond acceptors (Lipinski definition) is 2. The molecule has 20 heavy (non-hydrogen) atoms. The van der Waals surface area contributed by atoms with Crippen molar-refractivity contribution in [2.24, 2.45) is 0 Å². The SMILES string of the molecule is CN1CC[C@H](c2cccc(F)c2)c2ccc(O)cc2C1. The maximum Gasteiger partial charge on any atom is 0.123 e. The van der Waals surface area contributed by atoms with Gasteiger partial charge in [0.1, 0.15) is 11.6 Å². The predicted octanol–water partition coefficient (Wildman–Crippen LogP) is 3.50. The van der Waals surface area contributed by atoms with Gasteiger partial charge in [0.15, 0.2) is 0 Å². The summed E-state index contributed by atoms with van der Waals surface area (Å²) in [6.07, 6.45) is 0.956. The number of phenols is 1. The molecule has 0 unspecified atom stereocenters. The average Bonchev–Trinajstić information content (AvgIpc) is 2.56. The molecule has 0 saturated heterocycles. The van der Waals surface area contributed by atoms with Crippen LogP contribution in [0.4, 0.5) is 4.39 Å². The van der Waals surface area contributed by atoms with Gasteiger partial charge in [-0.3, -0.25) is 0 Å². The molecule has 1 atom stereocenters. The molecule has 3 rings (SSSR count). The monoisotopic (exact) mass is 271 g/mol. The van der Waals surface area contributed by atoms with E-state index < -0.39 is 0 Å². The van der Waals surface area contributed by atoms with Gasteiger partial charge in [-0.15, -0.1) is 0 Å². The summed E-state index contributed by atoms with van der Waals surface area (Å²) in [5.74, 6) is 0.281. The minimum absolute atomic E-state index is 0.186. The van der Waals surface area contributed by atoms with E-state index in [4.69, 9.17) is 0 Å². The Kier molecular flexibility index (Phi) is 3.45. The zero-order chi connectivity index (χ0) is 14.1. The molecule has 0 aromatic heterocycles. The third kappa shape index (κ3) is 2.54. The van der Waals surface area contributed by atoms with Crippen LogP contribution in [0.5, 0.6) is 5.75 Å². The maximum atomic E-state index is 13.5. The third-order valence-corrected chi connectivity index (χ3v) is 3.99. The molecule has 2 nitrogen and oxygen atoms in total. The van der Waals surface area contributed by atoms with Crippen LogP contribution >= 0.6 is 0 Å². The number of benzene rings is 2. The second-order valence-corrected chi connectivity index (χ2v) is 5.52. The Balaban J connectivity index is 2.08. The van der Waals surface area contributed by atoms with Crippen LogP contribution in [-0.4, -0.2) is 23.6 Å². The highest BCUT2D eigenvalue weighted by Gasteiger charge is 2.22.